The van der Waals surface area contributed by atoms with Crippen LogP contribution in [0.1, 0.15) is 41.6 Å². The lowest BCUT2D eigenvalue weighted by molar-refractivity contribution is 0.0599. The number of rotatable bonds is 1. The van der Waals surface area contributed by atoms with Crippen molar-refractivity contribution >= 4 is 29.1 Å². The van der Waals surface area contributed by atoms with Crippen LogP contribution in [-0.2, 0) is 0 Å². The Morgan fingerprint density at radius 3 is 2.42 bits per heavy atom. The van der Waals surface area contributed by atoms with Gasteiger partial charge in [-0.25, -0.2) is 0 Å². The molecular weight excluding hydrogens is 281 g/mol. The molecule has 0 N–H and O–H groups in total. The topological polar surface area (TPSA) is 20.3 Å². The molecule has 2 aliphatic rings. The van der Waals surface area contributed by atoms with Crippen LogP contribution < -0.4 is 0 Å². The van der Waals surface area contributed by atoms with Gasteiger partial charge in [-0.2, -0.15) is 0 Å². The SMILES string of the molecule is Cc1cc(Cl)cc(C(=O)N2C3CCC2CC(Cl)C3)c1. The molecule has 0 saturated carbocycles. The summed E-state index contributed by atoms with van der Waals surface area (Å²) in [5.41, 5.74) is 1.73. The van der Waals surface area contributed by atoms with Crippen molar-refractivity contribution in [2.24, 2.45) is 0 Å². The second-order valence-corrected chi connectivity index (χ2v) is 6.74. The summed E-state index contributed by atoms with van der Waals surface area (Å²) in [4.78, 5) is 14.7. The molecule has 0 radical (unpaired) electrons. The van der Waals surface area contributed by atoms with Crippen molar-refractivity contribution in [2.75, 3.05) is 0 Å². The van der Waals surface area contributed by atoms with E-state index in [9.17, 15) is 4.79 Å². The zero-order chi connectivity index (χ0) is 13.6. The summed E-state index contributed by atoms with van der Waals surface area (Å²) in [6.45, 7) is 1.96. The quantitative estimate of drug-likeness (QED) is 0.717. The van der Waals surface area contributed by atoms with Crippen molar-refractivity contribution in [1.29, 1.82) is 0 Å². The first kappa shape index (κ1) is 13.3. The third-order valence-corrected chi connectivity index (χ3v) is 4.77. The predicted molar refractivity (Wildman–Crippen MR) is 78.0 cm³/mol. The van der Waals surface area contributed by atoms with Gasteiger partial charge in [0.25, 0.3) is 5.91 Å². The van der Waals surface area contributed by atoms with Gasteiger partial charge >= 0.3 is 0 Å². The predicted octanol–water partition coefficient (Wildman–Crippen LogP) is 4.02. The fourth-order valence-corrected chi connectivity index (χ4v) is 4.15. The summed E-state index contributed by atoms with van der Waals surface area (Å²) in [6, 6.07) is 6.18. The van der Waals surface area contributed by atoms with E-state index >= 15 is 0 Å². The number of carbonyl (C=O) groups excluding carboxylic acids is 1. The van der Waals surface area contributed by atoms with E-state index in [0.29, 0.717) is 22.7 Å². The molecule has 3 rings (SSSR count). The Morgan fingerprint density at radius 1 is 1.21 bits per heavy atom. The van der Waals surface area contributed by atoms with Gasteiger partial charge in [-0.3, -0.25) is 4.79 Å². The highest BCUT2D eigenvalue weighted by Gasteiger charge is 2.42. The van der Waals surface area contributed by atoms with Crippen LogP contribution >= 0.6 is 23.2 Å². The van der Waals surface area contributed by atoms with Gasteiger partial charge in [0, 0.05) is 28.0 Å². The van der Waals surface area contributed by atoms with Crippen LogP contribution in [0.15, 0.2) is 18.2 Å². The summed E-state index contributed by atoms with van der Waals surface area (Å²) in [6.07, 6.45) is 4.00. The van der Waals surface area contributed by atoms with E-state index in [0.717, 1.165) is 31.2 Å². The zero-order valence-electron chi connectivity index (χ0n) is 10.9. The molecule has 4 heteroatoms. The van der Waals surface area contributed by atoms with Crippen molar-refractivity contribution in [3.63, 3.8) is 0 Å². The molecule has 1 aromatic rings. The molecular formula is C15H17Cl2NO. The van der Waals surface area contributed by atoms with Crippen molar-refractivity contribution in [3.05, 3.63) is 34.3 Å². The fraction of sp³-hybridized carbons (Fsp3) is 0.533. The summed E-state index contributed by atoms with van der Waals surface area (Å²) in [5, 5.41) is 0.852. The molecule has 19 heavy (non-hydrogen) atoms. The van der Waals surface area contributed by atoms with Crippen LogP contribution in [0.25, 0.3) is 0 Å². The number of aryl methyl sites for hydroxylation is 1. The molecule has 0 aliphatic carbocycles. The number of piperidine rings is 1. The van der Waals surface area contributed by atoms with Gasteiger partial charge in [-0.05, 0) is 56.4 Å². The van der Waals surface area contributed by atoms with Crippen molar-refractivity contribution in [2.45, 2.75) is 50.1 Å². The lowest BCUT2D eigenvalue weighted by Gasteiger charge is -2.37. The van der Waals surface area contributed by atoms with Crippen LogP contribution in [-0.4, -0.2) is 28.3 Å². The molecule has 1 aromatic carbocycles. The molecule has 0 aromatic heterocycles. The lowest BCUT2D eigenvalue weighted by atomic mass is 10.0. The molecule has 2 nitrogen and oxygen atoms in total. The number of hydrogen-bond donors (Lipinski definition) is 0. The largest absolute Gasteiger partial charge is 0.333 e. The van der Waals surface area contributed by atoms with Gasteiger partial charge in [0.2, 0.25) is 0 Å². The molecule has 2 bridgehead atoms. The van der Waals surface area contributed by atoms with Crippen LogP contribution in [0, 0.1) is 6.92 Å². The van der Waals surface area contributed by atoms with E-state index < -0.39 is 0 Å². The first-order valence-electron chi connectivity index (χ1n) is 6.78. The van der Waals surface area contributed by atoms with E-state index in [-0.39, 0.29) is 11.3 Å². The second-order valence-electron chi connectivity index (χ2n) is 5.68. The second kappa shape index (κ2) is 4.99. The third-order valence-electron chi connectivity index (χ3n) is 4.20. The number of nitrogens with zero attached hydrogens (tertiary/aromatic N) is 1. The van der Waals surface area contributed by atoms with Crippen LogP contribution in [0.4, 0.5) is 0 Å². The van der Waals surface area contributed by atoms with E-state index in [4.69, 9.17) is 23.2 Å². The van der Waals surface area contributed by atoms with Crippen molar-refractivity contribution in [1.82, 2.24) is 4.90 Å². The van der Waals surface area contributed by atoms with Gasteiger partial charge in [-0.15, -0.1) is 11.6 Å². The number of amides is 1. The Hall–Kier alpha value is -0.730. The van der Waals surface area contributed by atoms with E-state index in [1.165, 1.54) is 0 Å². The zero-order valence-corrected chi connectivity index (χ0v) is 12.4. The summed E-state index contributed by atoms with van der Waals surface area (Å²) < 4.78 is 0. The standard InChI is InChI=1S/C15H17Cl2NO/c1-9-4-10(6-11(16)5-9)15(19)18-13-2-3-14(18)8-12(17)7-13/h4-6,12-14H,2-3,7-8H2,1H3. The molecule has 2 aliphatic heterocycles. The molecule has 2 atom stereocenters. The molecule has 2 fully saturated rings. The molecule has 1 amide bonds. The summed E-state index contributed by atoms with van der Waals surface area (Å²) in [5.74, 6) is 0.113. The van der Waals surface area contributed by atoms with E-state index in [1.54, 1.807) is 6.07 Å². The average Bonchev–Trinajstić information content (AvgIpc) is 2.59. The number of benzene rings is 1. The Morgan fingerprint density at radius 2 is 1.84 bits per heavy atom. The van der Waals surface area contributed by atoms with E-state index in [2.05, 4.69) is 0 Å². The van der Waals surface area contributed by atoms with Gasteiger partial charge < -0.3 is 4.90 Å². The van der Waals surface area contributed by atoms with Crippen LogP contribution in [0.2, 0.25) is 5.02 Å². The number of halogens is 2. The lowest BCUT2D eigenvalue weighted by Crippen LogP contribution is -2.46. The van der Waals surface area contributed by atoms with Crippen LogP contribution in [0.5, 0.6) is 0 Å². The summed E-state index contributed by atoms with van der Waals surface area (Å²) in [7, 11) is 0. The average molecular weight is 298 g/mol. The third kappa shape index (κ3) is 2.48. The van der Waals surface area contributed by atoms with Gasteiger partial charge in [0.15, 0.2) is 0 Å². The van der Waals surface area contributed by atoms with Gasteiger partial charge in [-0.1, -0.05) is 11.6 Å². The van der Waals surface area contributed by atoms with E-state index in [1.807, 2.05) is 24.0 Å². The minimum Gasteiger partial charge on any atom is -0.333 e. The Labute approximate surface area is 123 Å². The monoisotopic (exact) mass is 297 g/mol. The molecule has 2 heterocycles. The minimum atomic E-state index is 0.113. The Balaban J connectivity index is 1.88. The number of alkyl halides is 1. The maximum atomic E-state index is 12.7. The molecule has 0 spiro atoms. The van der Waals surface area contributed by atoms with Crippen molar-refractivity contribution < 1.29 is 4.79 Å². The summed E-state index contributed by atoms with van der Waals surface area (Å²) >= 11 is 12.3. The molecule has 2 unspecified atom stereocenters. The Bertz CT molecular complexity index is 483. The van der Waals surface area contributed by atoms with Gasteiger partial charge in [0.05, 0.1) is 0 Å². The van der Waals surface area contributed by atoms with Crippen LogP contribution in [0.3, 0.4) is 0 Å². The maximum absolute atomic E-state index is 12.7. The number of fused-ring (bicyclic) bond motifs is 2. The minimum absolute atomic E-state index is 0.113. The highest BCUT2D eigenvalue weighted by molar-refractivity contribution is 6.31. The maximum Gasteiger partial charge on any atom is 0.254 e. The Kier molecular flexibility index (Phi) is 3.48. The highest BCUT2D eigenvalue weighted by atomic mass is 35.5. The first-order chi connectivity index (χ1) is 9.04. The number of hydrogen-bond acceptors (Lipinski definition) is 1. The molecule has 2 saturated heterocycles. The van der Waals surface area contributed by atoms with Crippen molar-refractivity contribution in [3.8, 4) is 0 Å². The normalized spacial score (nSPS) is 29.6. The number of carbonyl (C=O) groups is 1. The molecule has 102 valence electrons. The van der Waals surface area contributed by atoms with Gasteiger partial charge in [0.1, 0.15) is 0 Å². The highest BCUT2D eigenvalue weighted by Crippen LogP contribution is 2.38. The smallest absolute Gasteiger partial charge is 0.254 e. The first-order valence-corrected chi connectivity index (χ1v) is 7.60. The fourth-order valence-electron chi connectivity index (χ4n) is 3.45.